The Morgan fingerprint density at radius 2 is 2.42 bits per heavy atom. The van der Waals surface area contributed by atoms with Crippen molar-refractivity contribution in [2.45, 2.75) is 19.3 Å². The number of esters is 1. The number of aromatic nitrogens is 2. The van der Waals surface area contributed by atoms with Gasteiger partial charge in [-0.25, -0.2) is 9.78 Å². The SMILES string of the molecule is COC(=O)c1nc(C2CCNC2)n2ccc(C)cc12. The Hall–Kier alpha value is -1.88. The van der Waals surface area contributed by atoms with E-state index in [0.717, 1.165) is 36.4 Å². The summed E-state index contributed by atoms with van der Waals surface area (Å²) in [5, 5.41) is 3.33. The van der Waals surface area contributed by atoms with Crippen molar-refractivity contribution in [3.05, 3.63) is 35.4 Å². The number of imidazole rings is 1. The number of ether oxygens (including phenoxy) is 1. The monoisotopic (exact) mass is 259 g/mol. The highest BCUT2D eigenvalue weighted by Gasteiger charge is 2.25. The summed E-state index contributed by atoms with van der Waals surface area (Å²) < 4.78 is 6.84. The Kier molecular flexibility index (Phi) is 2.98. The number of nitrogens with one attached hydrogen (secondary N) is 1. The van der Waals surface area contributed by atoms with Gasteiger partial charge in [0.1, 0.15) is 5.82 Å². The maximum Gasteiger partial charge on any atom is 0.358 e. The minimum atomic E-state index is -0.375. The maximum atomic E-state index is 11.9. The highest BCUT2D eigenvalue weighted by molar-refractivity contribution is 5.95. The highest BCUT2D eigenvalue weighted by Crippen LogP contribution is 2.25. The average molecular weight is 259 g/mol. The van der Waals surface area contributed by atoms with Crippen LogP contribution in [-0.4, -0.2) is 35.6 Å². The van der Waals surface area contributed by atoms with Crippen LogP contribution in [0.4, 0.5) is 0 Å². The predicted molar refractivity (Wildman–Crippen MR) is 71.5 cm³/mol. The van der Waals surface area contributed by atoms with E-state index < -0.39 is 0 Å². The van der Waals surface area contributed by atoms with Crippen LogP contribution in [-0.2, 0) is 4.74 Å². The molecule has 1 atom stereocenters. The first-order valence-electron chi connectivity index (χ1n) is 6.48. The van der Waals surface area contributed by atoms with E-state index >= 15 is 0 Å². The Balaban J connectivity index is 2.19. The normalized spacial score (nSPS) is 18.9. The molecule has 2 aromatic rings. The number of carbonyl (C=O) groups is 1. The van der Waals surface area contributed by atoms with Crippen LogP contribution in [0.3, 0.4) is 0 Å². The zero-order valence-corrected chi connectivity index (χ0v) is 11.1. The van der Waals surface area contributed by atoms with Gasteiger partial charge in [-0.1, -0.05) is 0 Å². The second-order valence-corrected chi connectivity index (χ2v) is 4.96. The summed E-state index contributed by atoms with van der Waals surface area (Å²) in [6, 6.07) is 4.01. The molecule has 0 amide bonds. The maximum absolute atomic E-state index is 11.9. The fourth-order valence-electron chi connectivity index (χ4n) is 2.62. The molecule has 100 valence electrons. The summed E-state index contributed by atoms with van der Waals surface area (Å²) in [6.45, 7) is 3.91. The minimum Gasteiger partial charge on any atom is -0.464 e. The van der Waals surface area contributed by atoms with Crippen molar-refractivity contribution >= 4 is 11.5 Å². The van der Waals surface area contributed by atoms with E-state index in [-0.39, 0.29) is 5.97 Å². The van der Waals surface area contributed by atoms with E-state index in [1.54, 1.807) is 0 Å². The summed E-state index contributed by atoms with van der Waals surface area (Å²) in [6.07, 6.45) is 3.03. The van der Waals surface area contributed by atoms with E-state index in [0.29, 0.717) is 11.6 Å². The summed E-state index contributed by atoms with van der Waals surface area (Å²) >= 11 is 0. The van der Waals surface area contributed by atoms with Gasteiger partial charge < -0.3 is 14.5 Å². The smallest absolute Gasteiger partial charge is 0.358 e. The second-order valence-electron chi connectivity index (χ2n) is 4.96. The van der Waals surface area contributed by atoms with Gasteiger partial charge >= 0.3 is 5.97 Å². The molecule has 1 aliphatic heterocycles. The van der Waals surface area contributed by atoms with Crippen LogP contribution in [0.2, 0.25) is 0 Å². The lowest BCUT2D eigenvalue weighted by molar-refractivity contribution is 0.0597. The van der Waals surface area contributed by atoms with Gasteiger partial charge in [0.25, 0.3) is 0 Å². The first-order chi connectivity index (χ1) is 9.20. The van der Waals surface area contributed by atoms with E-state index in [1.165, 1.54) is 7.11 Å². The van der Waals surface area contributed by atoms with Gasteiger partial charge in [-0.05, 0) is 37.6 Å². The molecule has 5 heteroatoms. The fraction of sp³-hybridized carbons (Fsp3) is 0.429. The number of aryl methyl sites for hydroxylation is 1. The van der Waals surface area contributed by atoms with Crippen LogP contribution in [0.5, 0.6) is 0 Å². The zero-order valence-electron chi connectivity index (χ0n) is 11.1. The van der Waals surface area contributed by atoms with Gasteiger partial charge in [-0.2, -0.15) is 0 Å². The number of hydrogen-bond acceptors (Lipinski definition) is 4. The fourth-order valence-corrected chi connectivity index (χ4v) is 2.62. The number of methoxy groups -OCH3 is 1. The lowest BCUT2D eigenvalue weighted by atomic mass is 10.1. The topological polar surface area (TPSA) is 55.6 Å². The van der Waals surface area contributed by atoms with Gasteiger partial charge in [0.15, 0.2) is 5.69 Å². The van der Waals surface area contributed by atoms with Crippen LogP contribution >= 0.6 is 0 Å². The minimum absolute atomic E-state index is 0.355. The molecule has 0 saturated carbocycles. The van der Waals surface area contributed by atoms with Crippen LogP contribution in [0, 0.1) is 6.92 Å². The third-order valence-electron chi connectivity index (χ3n) is 3.63. The van der Waals surface area contributed by atoms with Crippen LogP contribution in [0.15, 0.2) is 18.3 Å². The molecule has 0 bridgehead atoms. The number of nitrogens with zero attached hydrogens (tertiary/aromatic N) is 2. The molecule has 1 aliphatic rings. The van der Waals surface area contributed by atoms with Crippen molar-refractivity contribution in [1.82, 2.24) is 14.7 Å². The Bertz CT molecular complexity index is 627. The van der Waals surface area contributed by atoms with Crippen molar-refractivity contribution in [3.8, 4) is 0 Å². The van der Waals surface area contributed by atoms with E-state index in [9.17, 15) is 4.79 Å². The molecule has 3 heterocycles. The molecule has 0 aliphatic carbocycles. The Morgan fingerprint density at radius 1 is 1.58 bits per heavy atom. The highest BCUT2D eigenvalue weighted by atomic mass is 16.5. The van der Waals surface area contributed by atoms with E-state index in [1.807, 2.05) is 29.7 Å². The Labute approximate surface area is 111 Å². The summed E-state index contributed by atoms with van der Waals surface area (Å²) in [4.78, 5) is 16.4. The quantitative estimate of drug-likeness (QED) is 0.831. The molecule has 3 rings (SSSR count). The van der Waals surface area contributed by atoms with Gasteiger partial charge in [0.2, 0.25) is 0 Å². The predicted octanol–water partition coefficient (Wildman–Crippen LogP) is 1.51. The molecule has 19 heavy (non-hydrogen) atoms. The van der Waals surface area contributed by atoms with Gasteiger partial charge in [-0.15, -0.1) is 0 Å². The van der Waals surface area contributed by atoms with Crippen molar-refractivity contribution in [2.75, 3.05) is 20.2 Å². The van der Waals surface area contributed by atoms with Crippen molar-refractivity contribution in [3.63, 3.8) is 0 Å². The molecule has 0 radical (unpaired) electrons. The molecule has 1 fully saturated rings. The first kappa shape index (κ1) is 12.2. The van der Waals surface area contributed by atoms with Gasteiger partial charge in [0, 0.05) is 18.7 Å². The molecule has 1 N–H and O–H groups in total. The second kappa shape index (κ2) is 4.66. The van der Waals surface area contributed by atoms with Crippen molar-refractivity contribution in [1.29, 1.82) is 0 Å². The summed E-state index contributed by atoms with van der Waals surface area (Å²) in [5.74, 6) is 0.925. The summed E-state index contributed by atoms with van der Waals surface area (Å²) in [5.41, 5.74) is 2.34. The van der Waals surface area contributed by atoms with Crippen LogP contribution in [0.1, 0.15) is 34.2 Å². The molecule has 1 saturated heterocycles. The number of hydrogen-bond donors (Lipinski definition) is 1. The van der Waals surface area contributed by atoms with Crippen LogP contribution < -0.4 is 5.32 Å². The average Bonchev–Trinajstić information content (AvgIpc) is 3.03. The summed E-state index contributed by atoms with van der Waals surface area (Å²) in [7, 11) is 1.39. The molecule has 5 nitrogen and oxygen atoms in total. The zero-order chi connectivity index (χ0) is 13.4. The molecule has 0 aromatic carbocycles. The standard InChI is InChI=1S/C14H17N3O2/c1-9-4-6-17-11(7-9)12(14(18)19-2)16-13(17)10-3-5-15-8-10/h4,6-7,10,15H,3,5,8H2,1-2H3. The lowest BCUT2D eigenvalue weighted by Crippen LogP contribution is -2.10. The first-order valence-corrected chi connectivity index (χ1v) is 6.48. The molecule has 2 aromatic heterocycles. The largest absolute Gasteiger partial charge is 0.464 e. The van der Waals surface area contributed by atoms with Crippen molar-refractivity contribution < 1.29 is 9.53 Å². The third-order valence-corrected chi connectivity index (χ3v) is 3.63. The number of fused-ring (bicyclic) bond motifs is 1. The number of pyridine rings is 1. The van der Waals surface area contributed by atoms with Gasteiger partial charge in [-0.3, -0.25) is 0 Å². The third kappa shape index (κ3) is 2.00. The van der Waals surface area contributed by atoms with E-state index in [4.69, 9.17) is 4.74 Å². The van der Waals surface area contributed by atoms with Crippen LogP contribution in [0.25, 0.3) is 5.52 Å². The Morgan fingerprint density at radius 3 is 3.11 bits per heavy atom. The van der Waals surface area contributed by atoms with Crippen molar-refractivity contribution in [2.24, 2.45) is 0 Å². The molecule has 0 spiro atoms. The van der Waals surface area contributed by atoms with E-state index in [2.05, 4.69) is 10.3 Å². The molecule has 1 unspecified atom stereocenters. The number of carbonyl (C=O) groups excluding carboxylic acids is 1. The molecular weight excluding hydrogens is 242 g/mol. The van der Waals surface area contributed by atoms with Gasteiger partial charge in [0.05, 0.1) is 12.6 Å². The number of rotatable bonds is 2. The lowest BCUT2D eigenvalue weighted by Gasteiger charge is -2.07. The molecular formula is C14H17N3O2.